The molecule has 1 aromatic carbocycles. The predicted molar refractivity (Wildman–Crippen MR) is 65.3 cm³/mol. The summed E-state index contributed by atoms with van der Waals surface area (Å²) in [6, 6.07) is 5.04. The van der Waals surface area contributed by atoms with Crippen molar-refractivity contribution in [2.45, 2.75) is 13.3 Å². The van der Waals surface area contributed by atoms with E-state index in [1.807, 2.05) is 6.92 Å². The lowest BCUT2D eigenvalue weighted by atomic mass is 10.3. The molecule has 0 saturated carbocycles. The van der Waals surface area contributed by atoms with Crippen LogP contribution in [0.4, 0.5) is 0 Å². The van der Waals surface area contributed by atoms with E-state index in [0.717, 1.165) is 6.42 Å². The van der Waals surface area contributed by atoms with Crippen LogP contribution in [0, 0.1) is 0 Å². The second-order valence-electron chi connectivity index (χ2n) is 3.19. The summed E-state index contributed by atoms with van der Waals surface area (Å²) in [7, 11) is 0. The van der Waals surface area contributed by atoms with E-state index in [4.69, 9.17) is 27.9 Å². The molecule has 0 aliphatic carbocycles. The molecule has 0 heterocycles. The molecule has 5 heteroatoms. The van der Waals surface area contributed by atoms with Gasteiger partial charge in [0.05, 0.1) is 10.0 Å². The third-order valence-corrected chi connectivity index (χ3v) is 2.43. The van der Waals surface area contributed by atoms with Gasteiger partial charge in [-0.05, 0) is 18.6 Å². The summed E-state index contributed by atoms with van der Waals surface area (Å²) in [6.45, 7) is 2.54. The van der Waals surface area contributed by atoms with Crippen molar-refractivity contribution >= 4 is 29.1 Å². The van der Waals surface area contributed by atoms with Gasteiger partial charge in [0.2, 0.25) is 0 Å². The SMILES string of the molecule is CCCNC(=O)COc1c(Cl)cccc1Cl. The maximum absolute atomic E-state index is 11.3. The lowest BCUT2D eigenvalue weighted by Gasteiger charge is -2.09. The minimum atomic E-state index is -0.183. The normalized spacial score (nSPS) is 9.94. The molecule has 0 aliphatic heterocycles. The van der Waals surface area contributed by atoms with E-state index in [-0.39, 0.29) is 12.5 Å². The topological polar surface area (TPSA) is 38.3 Å². The number of nitrogens with one attached hydrogen (secondary N) is 1. The van der Waals surface area contributed by atoms with E-state index in [1.54, 1.807) is 18.2 Å². The molecule has 0 bridgehead atoms. The Hall–Kier alpha value is -0.930. The van der Waals surface area contributed by atoms with Gasteiger partial charge in [-0.3, -0.25) is 4.79 Å². The summed E-state index contributed by atoms with van der Waals surface area (Å²) in [5.74, 6) is 0.162. The van der Waals surface area contributed by atoms with E-state index in [9.17, 15) is 4.79 Å². The van der Waals surface area contributed by atoms with Crippen molar-refractivity contribution in [1.82, 2.24) is 5.32 Å². The van der Waals surface area contributed by atoms with E-state index < -0.39 is 0 Å². The van der Waals surface area contributed by atoms with Crippen LogP contribution < -0.4 is 10.1 Å². The molecule has 88 valence electrons. The Labute approximate surface area is 105 Å². The van der Waals surface area contributed by atoms with Crippen LogP contribution in [0.5, 0.6) is 5.75 Å². The number of amides is 1. The summed E-state index contributed by atoms with van der Waals surface area (Å²) >= 11 is 11.8. The fourth-order valence-corrected chi connectivity index (χ4v) is 1.58. The first-order chi connectivity index (χ1) is 7.65. The minimum absolute atomic E-state index is 0.0799. The fourth-order valence-electron chi connectivity index (χ4n) is 1.07. The van der Waals surface area contributed by atoms with Crippen LogP contribution in [-0.4, -0.2) is 19.1 Å². The number of rotatable bonds is 5. The van der Waals surface area contributed by atoms with Crippen LogP contribution in [0.15, 0.2) is 18.2 Å². The zero-order valence-electron chi connectivity index (χ0n) is 8.93. The number of hydrogen-bond donors (Lipinski definition) is 1. The summed E-state index contributed by atoms with van der Waals surface area (Å²) < 4.78 is 5.25. The molecule has 0 saturated heterocycles. The summed E-state index contributed by atoms with van der Waals surface area (Å²) in [5, 5.41) is 3.49. The molecule has 1 amide bonds. The summed E-state index contributed by atoms with van der Waals surface area (Å²) in [6.07, 6.45) is 0.887. The van der Waals surface area contributed by atoms with Gasteiger partial charge >= 0.3 is 0 Å². The summed E-state index contributed by atoms with van der Waals surface area (Å²) in [5.41, 5.74) is 0. The van der Waals surface area contributed by atoms with Crippen molar-refractivity contribution in [3.8, 4) is 5.75 Å². The van der Waals surface area contributed by atoms with Crippen molar-refractivity contribution in [3.05, 3.63) is 28.2 Å². The molecule has 1 aromatic rings. The highest BCUT2D eigenvalue weighted by Crippen LogP contribution is 2.32. The van der Waals surface area contributed by atoms with Gasteiger partial charge in [0.15, 0.2) is 12.4 Å². The Morgan fingerprint density at radius 1 is 1.38 bits per heavy atom. The molecular weight excluding hydrogens is 249 g/mol. The number of para-hydroxylation sites is 1. The van der Waals surface area contributed by atoms with Gasteiger partial charge < -0.3 is 10.1 Å². The van der Waals surface area contributed by atoms with Gasteiger partial charge in [-0.1, -0.05) is 36.2 Å². The second-order valence-corrected chi connectivity index (χ2v) is 4.00. The lowest BCUT2D eigenvalue weighted by molar-refractivity contribution is -0.123. The Balaban J connectivity index is 2.51. The Kier molecular flexibility index (Phi) is 5.43. The molecule has 16 heavy (non-hydrogen) atoms. The number of benzene rings is 1. The van der Waals surface area contributed by atoms with Crippen LogP contribution in [0.25, 0.3) is 0 Å². The molecule has 3 nitrogen and oxygen atoms in total. The quantitative estimate of drug-likeness (QED) is 0.886. The van der Waals surface area contributed by atoms with E-state index in [1.165, 1.54) is 0 Å². The predicted octanol–water partition coefficient (Wildman–Crippen LogP) is 2.90. The molecule has 1 rings (SSSR count). The Morgan fingerprint density at radius 2 is 2.00 bits per heavy atom. The first-order valence-corrected chi connectivity index (χ1v) is 5.74. The number of ether oxygens (including phenoxy) is 1. The number of carbonyl (C=O) groups is 1. The molecule has 0 unspecified atom stereocenters. The minimum Gasteiger partial charge on any atom is -0.481 e. The first-order valence-electron chi connectivity index (χ1n) is 4.98. The van der Waals surface area contributed by atoms with Crippen LogP contribution in [0.1, 0.15) is 13.3 Å². The average Bonchev–Trinajstić information content (AvgIpc) is 2.25. The number of carbonyl (C=O) groups excluding carboxylic acids is 1. The molecule has 0 aromatic heterocycles. The van der Waals surface area contributed by atoms with Crippen molar-refractivity contribution in [2.75, 3.05) is 13.2 Å². The lowest BCUT2D eigenvalue weighted by Crippen LogP contribution is -2.29. The van der Waals surface area contributed by atoms with E-state index >= 15 is 0 Å². The highest BCUT2D eigenvalue weighted by Gasteiger charge is 2.08. The van der Waals surface area contributed by atoms with Gasteiger partial charge in [-0.2, -0.15) is 0 Å². The first kappa shape index (κ1) is 13.1. The van der Waals surface area contributed by atoms with Crippen molar-refractivity contribution in [3.63, 3.8) is 0 Å². The molecular formula is C11H13Cl2NO2. The van der Waals surface area contributed by atoms with Gasteiger partial charge in [0.1, 0.15) is 0 Å². The molecule has 0 atom stereocenters. The van der Waals surface area contributed by atoms with Crippen molar-refractivity contribution < 1.29 is 9.53 Å². The summed E-state index contributed by atoms with van der Waals surface area (Å²) in [4.78, 5) is 11.3. The highest BCUT2D eigenvalue weighted by atomic mass is 35.5. The van der Waals surface area contributed by atoms with Crippen LogP contribution in [-0.2, 0) is 4.79 Å². The zero-order chi connectivity index (χ0) is 12.0. The maximum Gasteiger partial charge on any atom is 0.257 e. The third kappa shape index (κ3) is 3.91. The third-order valence-electron chi connectivity index (χ3n) is 1.84. The van der Waals surface area contributed by atoms with Crippen LogP contribution in [0.2, 0.25) is 10.0 Å². The Bertz CT molecular complexity index is 349. The fraction of sp³-hybridized carbons (Fsp3) is 0.364. The van der Waals surface area contributed by atoms with Crippen LogP contribution >= 0.6 is 23.2 Å². The zero-order valence-corrected chi connectivity index (χ0v) is 10.4. The van der Waals surface area contributed by atoms with Crippen molar-refractivity contribution in [2.24, 2.45) is 0 Å². The van der Waals surface area contributed by atoms with Crippen molar-refractivity contribution in [1.29, 1.82) is 0 Å². The number of halogens is 2. The molecule has 1 N–H and O–H groups in total. The second kappa shape index (κ2) is 6.61. The van der Waals surface area contributed by atoms with Gasteiger partial charge in [-0.15, -0.1) is 0 Å². The molecule has 0 radical (unpaired) electrons. The van der Waals surface area contributed by atoms with Gasteiger partial charge in [-0.25, -0.2) is 0 Å². The molecule has 0 aliphatic rings. The monoisotopic (exact) mass is 261 g/mol. The van der Waals surface area contributed by atoms with Gasteiger partial charge in [0.25, 0.3) is 5.91 Å². The average molecular weight is 262 g/mol. The van der Waals surface area contributed by atoms with E-state index in [2.05, 4.69) is 5.32 Å². The van der Waals surface area contributed by atoms with E-state index in [0.29, 0.717) is 22.3 Å². The standard InChI is InChI=1S/C11H13Cl2NO2/c1-2-6-14-10(15)7-16-11-8(12)4-3-5-9(11)13/h3-5H,2,6-7H2,1H3,(H,14,15). The molecule has 0 fully saturated rings. The maximum atomic E-state index is 11.3. The highest BCUT2D eigenvalue weighted by molar-refractivity contribution is 6.37. The molecule has 0 spiro atoms. The Morgan fingerprint density at radius 3 is 2.56 bits per heavy atom. The van der Waals surface area contributed by atoms with Crippen LogP contribution in [0.3, 0.4) is 0 Å². The smallest absolute Gasteiger partial charge is 0.257 e. The number of hydrogen-bond acceptors (Lipinski definition) is 2. The largest absolute Gasteiger partial charge is 0.481 e. The van der Waals surface area contributed by atoms with Gasteiger partial charge in [0, 0.05) is 6.54 Å².